The van der Waals surface area contributed by atoms with Crippen LogP contribution < -0.4 is 4.90 Å². The van der Waals surface area contributed by atoms with Gasteiger partial charge in [-0.3, -0.25) is 0 Å². The Kier molecular flexibility index (Phi) is 2.20. The first kappa shape index (κ1) is 9.28. The van der Waals surface area contributed by atoms with Crippen molar-refractivity contribution < 1.29 is 4.74 Å². The second-order valence-corrected chi connectivity index (χ2v) is 4.95. The van der Waals surface area contributed by atoms with Crippen LogP contribution in [0.25, 0.3) is 0 Å². The molecular weight excluding hydrogens is 254 g/mol. The van der Waals surface area contributed by atoms with Crippen LogP contribution in [0.3, 0.4) is 0 Å². The number of rotatable bonds is 2. The van der Waals surface area contributed by atoms with Gasteiger partial charge in [0.2, 0.25) is 0 Å². The minimum Gasteiger partial charge on any atom is -0.476 e. The lowest BCUT2D eigenvalue weighted by molar-refractivity contribution is 0.150. The molecule has 78 valence electrons. The summed E-state index contributed by atoms with van der Waals surface area (Å²) < 4.78 is 6.72. The molecule has 2 aliphatic rings. The van der Waals surface area contributed by atoms with Crippen molar-refractivity contribution in [1.82, 2.24) is 0 Å². The Morgan fingerprint density at radius 3 is 2.60 bits per heavy atom. The Morgan fingerprint density at radius 1 is 1.20 bits per heavy atom. The molecule has 2 nitrogen and oxygen atoms in total. The fraction of sp³-hybridized carbons (Fsp3) is 0.333. The van der Waals surface area contributed by atoms with E-state index in [0.717, 1.165) is 4.47 Å². The highest BCUT2D eigenvalue weighted by atomic mass is 79.9. The zero-order chi connectivity index (χ0) is 10.3. The van der Waals surface area contributed by atoms with Gasteiger partial charge in [0.05, 0.1) is 0 Å². The maximum atomic E-state index is 5.61. The van der Waals surface area contributed by atoms with Crippen molar-refractivity contribution in [3.63, 3.8) is 0 Å². The van der Waals surface area contributed by atoms with Gasteiger partial charge in [-0.1, -0.05) is 15.9 Å². The van der Waals surface area contributed by atoms with E-state index in [1.54, 1.807) is 6.26 Å². The SMILES string of the molecule is Brc1ccc(N2C=COC2C2CC2)cc1. The summed E-state index contributed by atoms with van der Waals surface area (Å²) in [5.74, 6) is 0.712. The molecule has 1 aromatic rings. The predicted molar refractivity (Wildman–Crippen MR) is 63.4 cm³/mol. The average molecular weight is 266 g/mol. The number of nitrogens with zero attached hydrogens (tertiary/aromatic N) is 1. The summed E-state index contributed by atoms with van der Waals surface area (Å²) in [5.41, 5.74) is 1.20. The molecule has 1 aromatic carbocycles. The maximum absolute atomic E-state index is 5.61. The molecule has 0 amide bonds. The monoisotopic (exact) mass is 265 g/mol. The second kappa shape index (κ2) is 3.56. The molecule has 0 spiro atoms. The summed E-state index contributed by atoms with van der Waals surface area (Å²) >= 11 is 3.44. The largest absolute Gasteiger partial charge is 0.476 e. The number of ether oxygens (including phenoxy) is 1. The third-order valence-electron chi connectivity index (χ3n) is 2.86. The zero-order valence-corrected chi connectivity index (χ0v) is 9.85. The summed E-state index contributed by atoms with van der Waals surface area (Å²) in [5, 5.41) is 0. The van der Waals surface area contributed by atoms with Crippen LogP contribution in [0.5, 0.6) is 0 Å². The van der Waals surface area contributed by atoms with Crippen LogP contribution in [-0.2, 0) is 4.74 Å². The molecule has 1 unspecified atom stereocenters. The number of hydrogen-bond donors (Lipinski definition) is 0. The number of halogens is 1. The van der Waals surface area contributed by atoms with Crippen LogP contribution in [0.4, 0.5) is 5.69 Å². The molecule has 0 bridgehead atoms. The zero-order valence-electron chi connectivity index (χ0n) is 8.27. The summed E-state index contributed by atoms with van der Waals surface area (Å²) in [4.78, 5) is 2.21. The minimum absolute atomic E-state index is 0.228. The molecule has 3 rings (SSSR count). The van der Waals surface area contributed by atoms with E-state index >= 15 is 0 Å². The highest BCUT2D eigenvalue weighted by Crippen LogP contribution is 2.39. The third-order valence-corrected chi connectivity index (χ3v) is 3.39. The molecule has 0 aromatic heterocycles. The number of anilines is 1. The Hall–Kier alpha value is -0.960. The molecule has 1 aliphatic carbocycles. The standard InChI is InChI=1S/C12H12BrNO/c13-10-3-5-11(6-4-10)14-7-8-15-12(14)9-1-2-9/h3-9,12H,1-2H2. The van der Waals surface area contributed by atoms with Gasteiger partial charge in [-0.15, -0.1) is 0 Å². The first-order chi connectivity index (χ1) is 7.34. The molecule has 0 N–H and O–H groups in total. The molecule has 1 fully saturated rings. The van der Waals surface area contributed by atoms with E-state index in [4.69, 9.17) is 4.74 Å². The summed E-state index contributed by atoms with van der Waals surface area (Å²) in [6.45, 7) is 0. The highest BCUT2D eigenvalue weighted by molar-refractivity contribution is 9.10. The van der Waals surface area contributed by atoms with Gasteiger partial charge < -0.3 is 9.64 Å². The lowest BCUT2D eigenvalue weighted by Gasteiger charge is -2.24. The highest BCUT2D eigenvalue weighted by Gasteiger charge is 2.38. The second-order valence-electron chi connectivity index (χ2n) is 4.03. The van der Waals surface area contributed by atoms with Gasteiger partial charge in [-0.25, -0.2) is 0 Å². The van der Waals surface area contributed by atoms with Gasteiger partial charge in [0.15, 0.2) is 6.23 Å². The van der Waals surface area contributed by atoms with E-state index in [1.807, 2.05) is 6.20 Å². The molecule has 15 heavy (non-hydrogen) atoms. The quantitative estimate of drug-likeness (QED) is 0.812. The number of benzene rings is 1. The van der Waals surface area contributed by atoms with Crippen molar-refractivity contribution in [3.05, 3.63) is 41.2 Å². The first-order valence-electron chi connectivity index (χ1n) is 5.20. The topological polar surface area (TPSA) is 12.5 Å². The van der Waals surface area contributed by atoms with Gasteiger partial charge in [-0.05, 0) is 37.1 Å². The van der Waals surface area contributed by atoms with E-state index in [2.05, 4.69) is 45.1 Å². The average Bonchev–Trinajstić information content (AvgIpc) is 2.98. The van der Waals surface area contributed by atoms with E-state index in [0.29, 0.717) is 5.92 Å². The smallest absolute Gasteiger partial charge is 0.178 e. The van der Waals surface area contributed by atoms with Gasteiger partial charge in [-0.2, -0.15) is 0 Å². The number of hydrogen-bond acceptors (Lipinski definition) is 2. The Morgan fingerprint density at radius 2 is 1.93 bits per heavy atom. The molecule has 0 radical (unpaired) electrons. The van der Waals surface area contributed by atoms with E-state index in [9.17, 15) is 0 Å². The van der Waals surface area contributed by atoms with Crippen molar-refractivity contribution in [2.75, 3.05) is 4.90 Å². The molecule has 1 aliphatic heterocycles. The normalized spacial score (nSPS) is 24.3. The van der Waals surface area contributed by atoms with Crippen LogP contribution in [0.1, 0.15) is 12.8 Å². The van der Waals surface area contributed by atoms with Crippen LogP contribution in [0.15, 0.2) is 41.2 Å². The molecular formula is C12H12BrNO. The van der Waals surface area contributed by atoms with Crippen LogP contribution in [-0.4, -0.2) is 6.23 Å². The third kappa shape index (κ3) is 1.76. The van der Waals surface area contributed by atoms with E-state index in [1.165, 1.54) is 18.5 Å². The van der Waals surface area contributed by atoms with Crippen LogP contribution in [0.2, 0.25) is 0 Å². The van der Waals surface area contributed by atoms with Gasteiger partial charge in [0.25, 0.3) is 0 Å². The van der Waals surface area contributed by atoms with Crippen molar-refractivity contribution in [2.24, 2.45) is 5.92 Å². The van der Waals surface area contributed by atoms with Crippen LogP contribution in [0, 0.1) is 5.92 Å². The Balaban J connectivity index is 1.85. The minimum atomic E-state index is 0.228. The van der Waals surface area contributed by atoms with Crippen molar-refractivity contribution in [2.45, 2.75) is 19.1 Å². The van der Waals surface area contributed by atoms with Gasteiger partial charge >= 0.3 is 0 Å². The van der Waals surface area contributed by atoms with Crippen LogP contribution >= 0.6 is 15.9 Å². The molecule has 1 atom stereocenters. The molecule has 0 saturated heterocycles. The molecule has 1 heterocycles. The van der Waals surface area contributed by atoms with E-state index < -0.39 is 0 Å². The van der Waals surface area contributed by atoms with Crippen molar-refractivity contribution in [1.29, 1.82) is 0 Å². The fourth-order valence-corrected chi connectivity index (χ4v) is 2.16. The maximum Gasteiger partial charge on any atom is 0.178 e. The summed E-state index contributed by atoms with van der Waals surface area (Å²) in [6.07, 6.45) is 6.63. The van der Waals surface area contributed by atoms with Gasteiger partial charge in [0, 0.05) is 22.3 Å². The first-order valence-corrected chi connectivity index (χ1v) is 6.00. The molecule has 3 heteroatoms. The fourth-order valence-electron chi connectivity index (χ4n) is 1.90. The summed E-state index contributed by atoms with van der Waals surface area (Å²) in [7, 11) is 0. The lowest BCUT2D eigenvalue weighted by atomic mass is 10.2. The van der Waals surface area contributed by atoms with Crippen molar-refractivity contribution >= 4 is 21.6 Å². The van der Waals surface area contributed by atoms with E-state index in [-0.39, 0.29) is 6.23 Å². The molecule has 1 saturated carbocycles. The lowest BCUT2D eigenvalue weighted by Crippen LogP contribution is -2.29. The van der Waals surface area contributed by atoms with Crippen molar-refractivity contribution in [3.8, 4) is 0 Å². The Labute approximate surface area is 97.7 Å². The van der Waals surface area contributed by atoms with Gasteiger partial charge in [0.1, 0.15) is 6.26 Å². The summed E-state index contributed by atoms with van der Waals surface area (Å²) in [6, 6.07) is 8.34. The predicted octanol–water partition coefficient (Wildman–Crippen LogP) is 3.49. The Bertz CT molecular complexity index is 383.